The van der Waals surface area contributed by atoms with Crippen LogP contribution in [0, 0.1) is 6.92 Å². The minimum atomic E-state index is -0.649. The molecule has 6 nitrogen and oxygen atoms in total. The first-order valence-electron chi connectivity index (χ1n) is 8.50. The number of hydrogen-bond donors (Lipinski definition) is 3. The van der Waals surface area contributed by atoms with E-state index in [9.17, 15) is 9.59 Å². The summed E-state index contributed by atoms with van der Waals surface area (Å²) in [6, 6.07) is 14.2. The fraction of sp³-hybridized carbons (Fsp3) is 0.300. The van der Waals surface area contributed by atoms with Crippen molar-refractivity contribution in [3.05, 3.63) is 65.2 Å². The molecule has 2 aromatic rings. The summed E-state index contributed by atoms with van der Waals surface area (Å²) in [4.78, 5) is 23.6. The zero-order valence-electron chi connectivity index (χ0n) is 15.1. The second-order valence-electron chi connectivity index (χ2n) is 6.07. The molecule has 0 aromatic heterocycles. The molecule has 0 radical (unpaired) electrons. The van der Waals surface area contributed by atoms with E-state index in [1.165, 1.54) is 0 Å². The fourth-order valence-electron chi connectivity index (χ4n) is 2.78. The minimum absolute atomic E-state index is 0.135. The van der Waals surface area contributed by atoms with Gasteiger partial charge in [0.15, 0.2) is 0 Å². The Kier molecular flexibility index (Phi) is 7.02. The lowest BCUT2D eigenvalue weighted by molar-refractivity contribution is -0.121. The lowest BCUT2D eigenvalue weighted by atomic mass is 9.98. The number of hydrogen-bond acceptors (Lipinski definition) is 3. The third-order valence-electron chi connectivity index (χ3n) is 4.16. The maximum atomic E-state index is 12.3. The molecule has 0 saturated heterocycles. The molecule has 0 aliphatic heterocycles. The maximum absolute atomic E-state index is 12.3. The van der Waals surface area contributed by atoms with Crippen LogP contribution < -0.4 is 21.1 Å². The largest absolute Gasteiger partial charge is 0.497 e. The normalized spacial score (nSPS) is 11.5. The highest BCUT2D eigenvalue weighted by molar-refractivity contribution is 5.78. The van der Waals surface area contributed by atoms with Crippen LogP contribution in [0.4, 0.5) is 4.79 Å². The second-order valence-corrected chi connectivity index (χ2v) is 6.07. The van der Waals surface area contributed by atoms with E-state index in [1.807, 2.05) is 55.5 Å². The summed E-state index contributed by atoms with van der Waals surface area (Å²) in [5, 5.41) is 5.54. The molecular weight excluding hydrogens is 330 g/mol. The quantitative estimate of drug-likeness (QED) is 0.679. The SMILES string of the molecule is COc1ccc(CCNC(=O)CC(NC(N)=O)c2ccccc2C)cc1. The number of urea groups is 1. The van der Waals surface area contributed by atoms with Gasteiger partial charge in [0.25, 0.3) is 0 Å². The average molecular weight is 355 g/mol. The van der Waals surface area contributed by atoms with Crippen LogP contribution in [0.1, 0.15) is 29.2 Å². The van der Waals surface area contributed by atoms with Gasteiger partial charge in [0.1, 0.15) is 5.75 Å². The number of nitrogens with one attached hydrogen (secondary N) is 2. The van der Waals surface area contributed by atoms with Crippen LogP contribution in [0.5, 0.6) is 5.75 Å². The van der Waals surface area contributed by atoms with Gasteiger partial charge in [-0.3, -0.25) is 4.79 Å². The number of benzene rings is 2. The molecule has 0 bridgehead atoms. The maximum Gasteiger partial charge on any atom is 0.312 e. The molecule has 4 N–H and O–H groups in total. The van der Waals surface area contributed by atoms with Crippen molar-refractivity contribution in [1.82, 2.24) is 10.6 Å². The fourth-order valence-corrected chi connectivity index (χ4v) is 2.78. The Morgan fingerprint density at radius 1 is 1.12 bits per heavy atom. The van der Waals surface area contributed by atoms with Crippen molar-refractivity contribution in [3.8, 4) is 5.75 Å². The molecule has 0 heterocycles. The van der Waals surface area contributed by atoms with Crippen LogP contribution >= 0.6 is 0 Å². The van der Waals surface area contributed by atoms with E-state index < -0.39 is 12.1 Å². The first-order valence-corrected chi connectivity index (χ1v) is 8.50. The zero-order chi connectivity index (χ0) is 18.9. The van der Waals surface area contributed by atoms with Gasteiger partial charge in [-0.25, -0.2) is 4.79 Å². The number of methoxy groups -OCH3 is 1. The van der Waals surface area contributed by atoms with Crippen molar-refractivity contribution >= 4 is 11.9 Å². The Bertz CT molecular complexity index is 744. The van der Waals surface area contributed by atoms with Crippen molar-refractivity contribution < 1.29 is 14.3 Å². The summed E-state index contributed by atoms with van der Waals surface area (Å²) in [5.74, 6) is 0.664. The highest BCUT2D eigenvalue weighted by Crippen LogP contribution is 2.20. The molecule has 1 atom stereocenters. The van der Waals surface area contributed by atoms with E-state index >= 15 is 0 Å². The summed E-state index contributed by atoms with van der Waals surface area (Å²) >= 11 is 0. The summed E-state index contributed by atoms with van der Waals surface area (Å²) in [6.45, 7) is 2.45. The van der Waals surface area contributed by atoms with Gasteiger partial charge in [0, 0.05) is 6.54 Å². The number of carbonyl (C=O) groups is 2. The van der Waals surface area contributed by atoms with Gasteiger partial charge in [-0.15, -0.1) is 0 Å². The number of carbonyl (C=O) groups excluding carboxylic acids is 2. The van der Waals surface area contributed by atoms with Crippen molar-refractivity contribution in [2.75, 3.05) is 13.7 Å². The van der Waals surface area contributed by atoms with E-state index in [0.29, 0.717) is 13.0 Å². The lowest BCUT2D eigenvalue weighted by Crippen LogP contribution is -2.37. The first-order chi connectivity index (χ1) is 12.5. The number of nitrogens with two attached hydrogens (primary N) is 1. The van der Waals surface area contributed by atoms with E-state index in [4.69, 9.17) is 10.5 Å². The van der Waals surface area contributed by atoms with Gasteiger partial charge in [-0.1, -0.05) is 36.4 Å². The smallest absolute Gasteiger partial charge is 0.312 e. The molecule has 3 amide bonds. The van der Waals surface area contributed by atoms with Crippen molar-refractivity contribution in [2.45, 2.75) is 25.8 Å². The number of rotatable bonds is 8. The zero-order valence-corrected chi connectivity index (χ0v) is 15.1. The first kappa shape index (κ1) is 19.3. The number of amides is 3. The molecule has 26 heavy (non-hydrogen) atoms. The van der Waals surface area contributed by atoms with Crippen LogP contribution in [0.3, 0.4) is 0 Å². The molecule has 6 heteroatoms. The molecule has 0 aliphatic carbocycles. The Morgan fingerprint density at radius 3 is 2.42 bits per heavy atom. The monoisotopic (exact) mass is 355 g/mol. The number of primary amides is 1. The highest BCUT2D eigenvalue weighted by Gasteiger charge is 2.18. The van der Waals surface area contributed by atoms with E-state index in [0.717, 1.165) is 22.4 Å². The number of aryl methyl sites for hydroxylation is 1. The highest BCUT2D eigenvalue weighted by atomic mass is 16.5. The van der Waals surface area contributed by atoms with Crippen LogP contribution in [0.15, 0.2) is 48.5 Å². The van der Waals surface area contributed by atoms with E-state index in [2.05, 4.69) is 10.6 Å². The van der Waals surface area contributed by atoms with Crippen LogP contribution in [-0.4, -0.2) is 25.6 Å². The molecule has 0 aliphatic rings. The predicted octanol–water partition coefficient (Wildman–Crippen LogP) is 2.46. The van der Waals surface area contributed by atoms with Crippen LogP contribution in [0.2, 0.25) is 0 Å². The van der Waals surface area contributed by atoms with Crippen molar-refractivity contribution in [2.24, 2.45) is 5.73 Å². The van der Waals surface area contributed by atoms with Gasteiger partial charge in [-0.05, 0) is 42.2 Å². The Balaban J connectivity index is 1.90. The van der Waals surface area contributed by atoms with Gasteiger partial charge >= 0.3 is 6.03 Å². The second kappa shape index (κ2) is 9.46. The number of ether oxygens (including phenoxy) is 1. The van der Waals surface area contributed by atoms with Crippen LogP contribution in [-0.2, 0) is 11.2 Å². The van der Waals surface area contributed by atoms with E-state index in [1.54, 1.807) is 7.11 Å². The summed E-state index contributed by atoms with van der Waals surface area (Å²) in [5.41, 5.74) is 8.26. The Morgan fingerprint density at radius 2 is 1.81 bits per heavy atom. The molecule has 2 rings (SSSR count). The summed E-state index contributed by atoms with van der Waals surface area (Å²) in [7, 11) is 1.63. The third kappa shape index (κ3) is 5.81. The summed E-state index contributed by atoms with van der Waals surface area (Å²) < 4.78 is 5.12. The van der Waals surface area contributed by atoms with Gasteiger partial charge < -0.3 is 21.1 Å². The molecular formula is C20H25N3O3. The third-order valence-corrected chi connectivity index (χ3v) is 4.16. The van der Waals surface area contributed by atoms with Gasteiger partial charge in [0.2, 0.25) is 5.91 Å². The van der Waals surface area contributed by atoms with Crippen molar-refractivity contribution in [3.63, 3.8) is 0 Å². The molecule has 0 saturated carbocycles. The van der Waals surface area contributed by atoms with Gasteiger partial charge in [-0.2, -0.15) is 0 Å². The molecule has 0 fully saturated rings. The Labute approximate surface area is 153 Å². The Hall–Kier alpha value is -3.02. The van der Waals surface area contributed by atoms with Crippen molar-refractivity contribution in [1.29, 1.82) is 0 Å². The molecule has 0 spiro atoms. The van der Waals surface area contributed by atoms with Gasteiger partial charge in [0.05, 0.1) is 19.6 Å². The standard InChI is InChI=1S/C20H25N3O3/c1-14-5-3-4-6-17(14)18(23-20(21)25)13-19(24)22-12-11-15-7-9-16(26-2)10-8-15/h3-10,18H,11-13H2,1-2H3,(H,22,24)(H3,21,23,25). The molecule has 138 valence electrons. The predicted molar refractivity (Wildman–Crippen MR) is 101 cm³/mol. The molecule has 2 aromatic carbocycles. The summed E-state index contributed by atoms with van der Waals surface area (Å²) in [6.07, 6.45) is 0.852. The molecule has 1 unspecified atom stereocenters. The minimum Gasteiger partial charge on any atom is -0.497 e. The average Bonchev–Trinajstić information content (AvgIpc) is 2.62. The topological polar surface area (TPSA) is 93.4 Å². The lowest BCUT2D eigenvalue weighted by Gasteiger charge is -2.19. The van der Waals surface area contributed by atoms with Crippen LogP contribution in [0.25, 0.3) is 0 Å². The van der Waals surface area contributed by atoms with E-state index in [-0.39, 0.29) is 12.3 Å².